The highest BCUT2D eigenvalue weighted by Crippen LogP contribution is 2.61. The van der Waals surface area contributed by atoms with Gasteiger partial charge in [-0.15, -0.1) is 0 Å². The monoisotopic (exact) mass is 472 g/mol. The van der Waals surface area contributed by atoms with Gasteiger partial charge >= 0.3 is 15.9 Å². The molecule has 2 aliphatic rings. The minimum Gasteiger partial charge on any atom is -0.505 e. The van der Waals surface area contributed by atoms with Crippen molar-refractivity contribution in [2.75, 3.05) is 27.3 Å². The molecule has 0 radical (unpaired) electrons. The fraction of sp³-hybridized carbons (Fsp3) is 0.389. The maximum Gasteiger partial charge on any atom is 0.347 e. The summed E-state index contributed by atoms with van der Waals surface area (Å²) < 4.78 is 14.3. The van der Waals surface area contributed by atoms with Crippen molar-refractivity contribution in [1.29, 1.82) is 0 Å². The highest BCUT2D eigenvalue weighted by atomic mass is 32.2. The lowest BCUT2D eigenvalue weighted by Gasteiger charge is -2.07. The number of methoxy groups -OCH3 is 2. The Morgan fingerprint density at radius 2 is 1.34 bits per heavy atom. The van der Waals surface area contributed by atoms with E-state index in [9.17, 15) is 19.8 Å². The van der Waals surface area contributed by atoms with E-state index < -0.39 is 11.9 Å². The van der Waals surface area contributed by atoms with Crippen molar-refractivity contribution in [2.24, 2.45) is 0 Å². The summed E-state index contributed by atoms with van der Waals surface area (Å²) in [5.41, 5.74) is -0.249. The van der Waals surface area contributed by atoms with E-state index in [4.69, 9.17) is 9.47 Å². The lowest BCUT2D eigenvalue weighted by molar-refractivity contribution is -0.144. The van der Waals surface area contributed by atoms with Gasteiger partial charge in [0.05, 0.1) is 37.6 Å². The van der Waals surface area contributed by atoms with Gasteiger partial charge in [0.1, 0.15) is 24.6 Å². The number of nitrogens with zero attached hydrogens (tertiary/aromatic N) is 1. The first-order chi connectivity index (χ1) is 14.0. The molecule has 1 saturated heterocycles. The molecule has 0 aliphatic carbocycles. The molecule has 1 aromatic carbocycles. The zero-order valence-electron chi connectivity index (χ0n) is 15.6. The van der Waals surface area contributed by atoms with Gasteiger partial charge in [-0.3, -0.25) is 0 Å². The van der Waals surface area contributed by atoms with Crippen LogP contribution in [0.3, 0.4) is 0 Å². The number of fused-ring (bicyclic) bond motifs is 2. The lowest BCUT2D eigenvalue weighted by Crippen LogP contribution is -2.31. The van der Waals surface area contributed by atoms with E-state index in [-0.39, 0.29) is 17.1 Å². The van der Waals surface area contributed by atoms with Gasteiger partial charge in [-0.2, -0.15) is 0 Å². The van der Waals surface area contributed by atoms with Crippen LogP contribution in [0.4, 0.5) is 0 Å². The number of esters is 2. The first-order valence-electron chi connectivity index (χ1n) is 8.82. The van der Waals surface area contributed by atoms with Crippen molar-refractivity contribution in [3.8, 4) is 11.5 Å². The highest BCUT2D eigenvalue weighted by molar-refractivity contribution is 8.25. The molecule has 3 heterocycles. The quantitative estimate of drug-likeness (QED) is 0.172. The summed E-state index contributed by atoms with van der Waals surface area (Å²) in [5, 5.41) is 21.8. The largest absolute Gasteiger partial charge is 0.505 e. The zero-order valence-corrected chi connectivity index (χ0v) is 18.9. The number of piperidine rings is 1. The number of ether oxygens (including phenoxy) is 2. The van der Waals surface area contributed by atoms with Gasteiger partial charge in [-0.1, -0.05) is 46.2 Å². The van der Waals surface area contributed by atoms with Crippen LogP contribution in [0.2, 0.25) is 0 Å². The summed E-state index contributed by atoms with van der Waals surface area (Å²) in [6.45, 7) is 1.95. The van der Waals surface area contributed by atoms with Crippen LogP contribution in [-0.4, -0.2) is 49.5 Å². The third kappa shape index (κ3) is 3.54. The topological polar surface area (TPSA) is 96.1 Å². The molecule has 0 saturated carbocycles. The van der Waals surface area contributed by atoms with Crippen LogP contribution < -0.4 is 8.56 Å². The lowest BCUT2D eigenvalue weighted by atomic mass is 10.2. The molecular formula is C18H18NO6S4+. The van der Waals surface area contributed by atoms with Crippen LogP contribution in [0, 0.1) is 0 Å². The van der Waals surface area contributed by atoms with E-state index in [2.05, 4.69) is 4.58 Å². The normalized spacial score (nSPS) is 16.1. The summed E-state index contributed by atoms with van der Waals surface area (Å²) in [6.07, 6.45) is 3.50. The SMILES string of the molecule is COC(=O)C(C(=O)OC)=C1Sc2c(c(O)c3sc(=[N+]4CCCCC4)sc3c2O)S1. The van der Waals surface area contributed by atoms with Crippen LogP contribution in [0.25, 0.3) is 9.40 Å². The molecular weight excluding hydrogens is 454 g/mol. The molecule has 154 valence electrons. The second kappa shape index (κ2) is 8.21. The van der Waals surface area contributed by atoms with Gasteiger partial charge in [0.2, 0.25) is 0 Å². The Bertz CT molecular complexity index is 1050. The predicted octanol–water partition coefficient (Wildman–Crippen LogP) is 3.09. The number of hydrogen-bond acceptors (Lipinski definition) is 10. The first-order valence-corrected chi connectivity index (χ1v) is 12.1. The number of phenolic OH excluding ortho intramolecular Hbond substituents is 2. The number of carbonyl (C=O) groups excluding carboxylic acids is 2. The molecule has 29 heavy (non-hydrogen) atoms. The van der Waals surface area contributed by atoms with E-state index in [1.54, 1.807) is 0 Å². The molecule has 0 bridgehead atoms. The number of thioether (sulfide) groups is 2. The molecule has 7 nitrogen and oxygen atoms in total. The molecule has 0 spiro atoms. The van der Waals surface area contributed by atoms with Crippen molar-refractivity contribution in [1.82, 2.24) is 4.58 Å². The van der Waals surface area contributed by atoms with Crippen molar-refractivity contribution < 1.29 is 29.3 Å². The third-order valence-corrected chi connectivity index (χ3v) is 9.95. The summed E-state index contributed by atoms with van der Waals surface area (Å²) in [4.78, 5) is 25.0. The Morgan fingerprint density at radius 1 is 0.862 bits per heavy atom. The van der Waals surface area contributed by atoms with Crippen molar-refractivity contribution in [3.63, 3.8) is 0 Å². The van der Waals surface area contributed by atoms with E-state index >= 15 is 0 Å². The molecule has 2 aliphatic heterocycles. The molecule has 11 heteroatoms. The fourth-order valence-corrected chi connectivity index (χ4v) is 8.57. The zero-order chi connectivity index (χ0) is 20.7. The number of carbonyl (C=O) groups is 2. The van der Waals surface area contributed by atoms with Crippen LogP contribution in [0.5, 0.6) is 11.5 Å². The fourth-order valence-electron chi connectivity index (χ4n) is 3.18. The van der Waals surface area contributed by atoms with Gasteiger partial charge in [-0.05, 0) is 6.42 Å². The van der Waals surface area contributed by atoms with Gasteiger partial charge < -0.3 is 19.7 Å². The second-order valence-electron chi connectivity index (χ2n) is 6.38. The van der Waals surface area contributed by atoms with Gasteiger partial charge in [0, 0.05) is 12.8 Å². The Morgan fingerprint density at radius 3 is 1.79 bits per heavy atom. The summed E-state index contributed by atoms with van der Waals surface area (Å²) >= 11 is 5.03. The number of phenols is 2. The number of hydrogen-bond donors (Lipinski definition) is 2. The maximum atomic E-state index is 12.1. The Kier molecular flexibility index (Phi) is 5.83. The Hall–Kier alpha value is -1.69. The molecule has 2 N–H and O–H groups in total. The molecule has 0 amide bonds. The van der Waals surface area contributed by atoms with Gasteiger partial charge in [0.15, 0.2) is 5.57 Å². The van der Waals surface area contributed by atoms with Crippen molar-refractivity contribution >= 4 is 67.5 Å². The van der Waals surface area contributed by atoms with E-state index in [0.717, 1.165) is 53.4 Å². The van der Waals surface area contributed by atoms with E-state index in [0.29, 0.717) is 23.4 Å². The molecule has 4 rings (SSSR count). The van der Waals surface area contributed by atoms with E-state index in [1.165, 1.54) is 43.3 Å². The van der Waals surface area contributed by atoms with Gasteiger partial charge in [-0.25, -0.2) is 14.2 Å². The smallest absolute Gasteiger partial charge is 0.347 e. The Balaban J connectivity index is 1.86. The third-order valence-electron chi connectivity index (χ3n) is 4.64. The molecule has 0 unspecified atom stereocenters. The average molecular weight is 473 g/mol. The molecule has 2 aromatic rings. The highest BCUT2D eigenvalue weighted by Gasteiger charge is 2.35. The maximum absolute atomic E-state index is 12.1. The average Bonchev–Trinajstić information content (AvgIpc) is 3.38. The van der Waals surface area contributed by atoms with Crippen molar-refractivity contribution in [2.45, 2.75) is 29.1 Å². The van der Waals surface area contributed by atoms with Crippen LogP contribution in [0.1, 0.15) is 19.3 Å². The number of benzene rings is 1. The van der Waals surface area contributed by atoms with Gasteiger partial charge in [0.25, 0.3) is 0 Å². The summed E-state index contributed by atoms with van der Waals surface area (Å²) in [7, 11) is 2.36. The number of aromatic hydroxyl groups is 2. The van der Waals surface area contributed by atoms with Crippen LogP contribution in [-0.2, 0) is 19.1 Å². The first kappa shape index (κ1) is 20.6. The minimum atomic E-state index is -0.823. The Labute approximate surface area is 182 Å². The number of rotatable bonds is 2. The van der Waals surface area contributed by atoms with Crippen LogP contribution in [0.15, 0.2) is 19.6 Å². The van der Waals surface area contributed by atoms with Crippen LogP contribution >= 0.6 is 46.2 Å². The van der Waals surface area contributed by atoms with E-state index in [1.807, 2.05) is 0 Å². The molecule has 1 aromatic heterocycles. The predicted molar refractivity (Wildman–Crippen MR) is 115 cm³/mol. The standard InChI is InChI=1S/C18H17NO6S4/c1-24-15(22)8(16(23)25-2)17-26-11-9(20)13-14(10(21)12(11)27-17)29-18(28-13)19-6-4-3-5-7-19/h3-7H2,1-2H3,(H-,20,21)/p+1. The molecule has 0 atom stereocenters. The molecule has 1 fully saturated rings. The summed E-state index contributed by atoms with van der Waals surface area (Å²) in [5.74, 6) is -1.54. The summed E-state index contributed by atoms with van der Waals surface area (Å²) in [6, 6.07) is 0. The minimum absolute atomic E-state index is 0.0545. The van der Waals surface area contributed by atoms with Crippen molar-refractivity contribution in [3.05, 3.63) is 13.8 Å². The second-order valence-corrected chi connectivity index (χ2v) is 10.9.